The van der Waals surface area contributed by atoms with Crippen LogP contribution in [0.1, 0.15) is 302 Å². The Labute approximate surface area is 674 Å². The lowest BCUT2D eigenvalue weighted by Gasteiger charge is -2.35. The van der Waals surface area contributed by atoms with Gasteiger partial charge in [-0.1, -0.05) is 323 Å². The second-order valence-corrected chi connectivity index (χ2v) is 34.2. The fourth-order valence-corrected chi connectivity index (χ4v) is 20.6. The van der Waals surface area contributed by atoms with E-state index in [1.807, 2.05) is 12.1 Å². The van der Waals surface area contributed by atoms with Crippen molar-refractivity contribution in [3.8, 4) is 39.8 Å². The normalized spacial score (nSPS) is 13.3. The van der Waals surface area contributed by atoms with E-state index in [0.29, 0.717) is 11.8 Å². The van der Waals surface area contributed by atoms with Gasteiger partial charge in [0, 0.05) is 55.6 Å². The average molecular weight is 1530 g/mol. The van der Waals surface area contributed by atoms with Crippen LogP contribution < -0.4 is 4.74 Å². The van der Waals surface area contributed by atoms with Crippen LogP contribution in [0.25, 0.3) is 109 Å². The maximum absolute atomic E-state index is 12.2. The third-order valence-electron chi connectivity index (χ3n) is 25.4. The Kier molecular flexibility index (Phi) is 26.0. The molecular weight excluding hydrogens is 1410 g/mol. The van der Waals surface area contributed by atoms with Crippen LogP contribution in [0.3, 0.4) is 0 Å². The molecule has 3 aromatic heterocycles. The number of aromatic nitrogens is 5. The van der Waals surface area contributed by atoms with Gasteiger partial charge in [-0.05, 0) is 177 Å². The SMILES string of the molecule is CCCCCCCCC(CCCCCC)COc1ccc2c(c1)C(c1ccc(CCCCCC)cc1)(c1ccc(CCCCCC)cc1)c1c-2c2cccc3c4cccc5c(C#Cc6cc7nsnc7c7c(-c8ccc(C(=O)O)cc8)cc8nsnc8c67)cc6c(c54)c(c23)c1n6CC(CCCCCC)CCCCCCCC. The number of carbonyl (C=O) groups is 1. The summed E-state index contributed by atoms with van der Waals surface area (Å²) in [5, 5.41) is 22.1. The van der Waals surface area contributed by atoms with Crippen LogP contribution in [-0.2, 0) is 24.8 Å². The van der Waals surface area contributed by atoms with Crippen molar-refractivity contribution in [2.75, 3.05) is 6.61 Å². The van der Waals surface area contributed by atoms with E-state index in [1.54, 1.807) is 12.1 Å². The van der Waals surface area contributed by atoms with Crippen molar-refractivity contribution < 1.29 is 14.6 Å². The summed E-state index contributed by atoms with van der Waals surface area (Å²) in [6, 6.07) is 55.7. The predicted molar refractivity (Wildman–Crippen MR) is 478 cm³/mol. The topological polar surface area (TPSA) is 103 Å². The number of fused-ring (bicyclic) bond motifs is 11. The monoisotopic (exact) mass is 1520 g/mol. The number of carboxylic acid groups (broad SMARTS) is 1. The van der Waals surface area contributed by atoms with Crippen molar-refractivity contribution in [1.82, 2.24) is 22.1 Å². The summed E-state index contributed by atoms with van der Waals surface area (Å²) in [7, 11) is 0. The van der Waals surface area contributed by atoms with Crippen molar-refractivity contribution in [3.05, 3.63) is 196 Å². The standard InChI is InChI=1S/C102H117N5O3S2/c1-7-13-19-25-27-33-40-71(39-31-23-17-11-5)67-107-89-64-75(55-56-76-63-87-99(106-111-103-87)94-85(66-88-98(90(76)94)105-112-104-88)73-51-53-74(54-52-73)101(108)109)80-43-35-44-81-82-45-36-46-84-92(82)96(95(89)91(80)81)100(107)97-93(84)83-62-61-79(110-68-72(41-32-24-18-12-6)42-34-28-26-20-14-8-2)65-86(83)102(97,77-57-47-69(48-58-77)37-29-21-15-9-3)78-59-49-70(50-60-78)38-30-22-16-10-4/h35-36,43-54,57-66,71-72H,7-34,37-42,67-68H2,1-6H3,(H,108,109). The van der Waals surface area contributed by atoms with Gasteiger partial charge >= 0.3 is 5.97 Å². The molecule has 0 aliphatic heterocycles. The molecule has 11 aromatic carbocycles. The van der Waals surface area contributed by atoms with Crippen molar-refractivity contribution in [2.24, 2.45) is 11.8 Å². The number of benzene rings is 11. The van der Waals surface area contributed by atoms with E-state index >= 15 is 0 Å². The van der Waals surface area contributed by atoms with E-state index in [1.165, 1.54) is 322 Å². The quantitative estimate of drug-likeness (QED) is 0.0176. The van der Waals surface area contributed by atoms with E-state index in [4.69, 9.17) is 22.2 Å². The minimum atomic E-state index is -0.966. The number of aryl methyl sites for hydroxylation is 2. The first kappa shape index (κ1) is 78.5. The molecule has 580 valence electrons. The van der Waals surface area contributed by atoms with Crippen molar-refractivity contribution in [3.63, 3.8) is 0 Å². The molecule has 0 spiro atoms. The Balaban J connectivity index is 1.01. The van der Waals surface area contributed by atoms with Crippen molar-refractivity contribution in [2.45, 2.75) is 272 Å². The summed E-state index contributed by atoms with van der Waals surface area (Å²) in [5.74, 6) is 8.85. The molecule has 1 aliphatic rings. The Morgan fingerprint density at radius 2 is 0.938 bits per heavy atom. The Hall–Kier alpha value is -8.75. The molecule has 2 unspecified atom stereocenters. The first-order chi connectivity index (χ1) is 55.2. The summed E-state index contributed by atoms with van der Waals surface area (Å²) in [6.07, 6.45) is 42.2. The van der Waals surface area contributed by atoms with Gasteiger partial charge in [-0.2, -0.15) is 17.5 Å². The highest BCUT2D eigenvalue weighted by Gasteiger charge is 2.50. The molecule has 15 rings (SSSR count). The number of aromatic carboxylic acids is 1. The smallest absolute Gasteiger partial charge is 0.335 e. The molecule has 0 bridgehead atoms. The third kappa shape index (κ3) is 16.0. The molecule has 8 nitrogen and oxygen atoms in total. The lowest BCUT2D eigenvalue weighted by Crippen LogP contribution is -2.30. The molecule has 0 saturated heterocycles. The first-order valence-electron chi connectivity index (χ1n) is 43.9. The third-order valence-corrected chi connectivity index (χ3v) is 26.5. The number of nitrogens with zero attached hydrogens (tertiary/aromatic N) is 5. The Morgan fingerprint density at radius 1 is 0.446 bits per heavy atom. The minimum Gasteiger partial charge on any atom is -0.493 e. The highest BCUT2D eigenvalue weighted by Crippen LogP contribution is 2.64. The van der Waals surface area contributed by atoms with E-state index in [2.05, 4.69) is 179 Å². The molecule has 0 amide bonds. The summed E-state index contributed by atoms with van der Waals surface area (Å²) in [5.41, 5.74) is 19.4. The molecule has 14 aromatic rings. The van der Waals surface area contributed by atoms with Crippen LogP contribution in [-0.4, -0.2) is 39.7 Å². The van der Waals surface area contributed by atoms with Crippen molar-refractivity contribution in [1.29, 1.82) is 0 Å². The average Bonchev–Trinajstić information content (AvgIpc) is 1.48. The van der Waals surface area contributed by atoms with Gasteiger partial charge in [0.15, 0.2) is 0 Å². The van der Waals surface area contributed by atoms with Gasteiger partial charge in [0.05, 0.1) is 52.1 Å². The van der Waals surface area contributed by atoms with Crippen LogP contribution in [0.4, 0.5) is 0 Å². The van der Waals surface area contributed by atoms with Crippen LogP contribution >= 0.6 is 23.5 Å². The molecule has 1 aliphatic carbocycles. The van der Waals surface area contributed by atoms with Gasteiger partial charge < -0.3 is 14.4 Å². The molecule has 0 saturated carbocycles. The second kappa shape index (κ2) is 37.0. The Morgan fingerprint density at radius 3 is 1.51 bits per heavy atom. The molecule has 2 atom stereocenters. The minimum absolute atomic E-state index is 0.227. The van der Waals surface area contributed by atoms with E-state index in [-0.39, 0.29) is 5.56 Å². The highest BCUT2D eigenvalue weighted by molar-refractivity contribution is 7.00. The van der Waals surface area contributed by atoms with Gasteiger partial charge in [0.25, 0.3) is 0 Å². The predicted octanol–water partition coefficient (Wildman–Crippen LogP) is 29.7. The fraction of sp³-hybridized carbons (Fsp3) is 0.441. The maximum Gasteiger partial charge on any atom is 0.335 e. The fourth-order valence-electron chi connectivity index (χ4n) is 19.5. The van der Waals surface area contributed by atoms with Gasteiger partial charge in [0.2, 0.25) is 0 Å². The van der Waals surface area contributed by atoms with Crippen LogP contribution in [0, 0.1) is 23.7 Å². The molecule has 3 heterocycles. The van der Waals surface area contributed by atoms with Gasteiger partial charge in [-0.3, -0.25) is 0 Å². The summed E-state index contributed by atoms with van der Waals surface area (Å²) in [4.78, 5) is 12.2. The lowest BCUT2D eigenvalue weighted by atomic mass is 9.66. The van der Waals surface area contributed by atoms with Gasteiger partial charge in [-0.25, -0.2) is 4.79 Å². The zero-order valence-corrected chi connectivity index (χ0v) is 69.4. The summed E-state index contributed by atoms with van der Waals surface area (Å²) >= 11 is 2.39. The van der Waals surface area contributed by atoms with Crippen LogP contribution in [0.15, 0.2) is 146 Å². The zero-order valence-electron chi connectivity index (χ0n) is 67.8. The van der Waals surface area contributed by atoms with E-state index in [0.717, 1.165) is 92.2 Å². The molecule has 0 radical (unpaired) electrons. The number of hydrogen-bond acceptors (Lipinski definition) is 8. The molecule has 0 fully saturated rings. The number of carboxylic acids is 1. The summed E-state index contributed by atoms with van der Waals surface area (Å²) < 4.78 is 30.2. The van der Waals surface area contributed by atoms with Gasteiger partial charge in [0.1, 0.15) is 27.8 Å². The zero-order chi connectivity index (χ0) is 76.9. The summed E-state index contributed by atoms with van der Waals surface area (Å²) in [6.45, 7) is 15.6. The maximum atomic E-state index is 12.2. The van der Waals surface area contributed by atoms with E-state index < -0.39 is 11.4 Å². The lowest BCUT2D eigenvalue weighted by molar-refractivity contribution is 0.0696. The molecule has 1 N–H and O–H groups in total. The first-order valence-corrected chi connectivity index (χ1v) is 45.3. The largest absolute Gasteiger partial charge is 0.493 e. The number of hydrogen-bond donors (Lipinski definition) is 1. The van der Waals surface area contributed by atoms with Crippen molar-refractivity contribution >= 4 is 116 Å². The number of ether oxygens (including phenoxy) is 1. The van der Waals surface area contributed by atoms with Crippen LogP contribution in [0.2, 0.25) is 0 Å². The number of rotatable bonds is 43. The Bertz CT molecular complexity index is 5500. The van der Waals surface area contributed by atoms with Crippen LogP contribution in [0.5, 0.6) is 5.75 Å². The number of unbranched alkanes of at least 4 members (excludes halogenated alkanes) is 22. The van der Waals surface area contributed by atoms with E-state index in [9.17, 15) is 9.90 Å². The molecular formula is C102H117N5O3S2. The highest BCUT2D eigenvalue weighted by atomic mass is 32.1. The van der Waals surface area contributed by atoms with Gasteiger partial charge in [-0.15, -0.1) is 0 Å². The molecule has 10 heteroatoms. The molecule has 112 heavy (non-hydrogen) atoms. The second-order valence-electron chi connectivity index (χ2n) is 33.2.